The summed E-state index contributed by atoms with van der Waals surface area (Å²) in [6.07, 6.45) is 3.31. The molecule has 1 aromatic carbocycles. The van der Waals surface area contributed by atoms with Crippen LogP contribution in [0.4, 0.5) is 0 Å². The second-order valence-electron chi connectivity index (χ2n) is 3.52. The number of para-hydroxylation sites is 1. The van der Waals surface area contributed by atoms with Gasteiger partial charge in [0, 0.05) is 6.20 Å². The molecule has 92 valence electrons. The molecule has 0 radical (unpaired) electrons. The van der Waals surface area contributed by atoms with Gasteiger partial charge in [-0.1, -0.05) is 18.2 Å². The molecule has 0 unspecified atom stereocenters. The Morgan fingerprint density at radius 2 is 2.11 bits per heavy atom. The van der Waals surface area contributed by atoms with Crippen molar-refractivity contribution < 1.29 is 9.53 Å². The average Bonchev–Trinajstić information content (AvgIpc) is 2.91. The number of H-pyrrole nitrogens is 1. The number of aromatic nitrogens is 1. The van der Waals surface area contributed by atoms with Crippen LogP contribution in [0.3, 0.4) is 0 Å². The number of nitrogens with one attached hydrogen (secondary N) is 2. The van der Waals surface area contributed by atoms with Gasteiger partial charge in [0.1, 0.15) is 5.75 Å². The Bertz CT molecular complexity index is 506. The lowest BCUT2D eigenvalue weighted by atomic mass is 10.3. The van der Waals surface area contributed by atoms with Gasteiger partial charge in [-0.3, -0.25) is 4.79 Å². The number of aromatic amines is 1. The summed E-state index contributed by atoms with van der Waals surface area (Å²) in [4.78, 5) is 14.3. The number of amides is 1. The zero-order chi connectivity index (χ0) is 12.6. The summed E-state index contributed by atoms with van der Waals surface area (Å²) in [7, 11) is 0. The molecule has 0 aliphatic rings. The minimum absolute atomic E-state index is 0.0634. The summed E-state index contributed by atoms with van der Waals surface area (Å²) in [5, 5.41) is 3.79. The first kappa shape index (κ1) is 11.9. The summed E-state index contributed by atoms with van der Waals surface area (Å²) in [5.41, 5.74) is 3.20. The van der Waals surface area contributed by atoms with Crippen molar-refractivity contribution in [3.8, 4) is 5.75 Å². The van der Waals surface area contributed by atoms with Gasteiger partial charge in [-0.2, -0.15) is 5.10 Å². The molecule has 2 rings (SSSR count). The van der Waals surface area contributed by atoms with Gasteiger partial charge >= 0.3 is 0 Å². The fourth-order valence-corrected chi connectivity index (χ4v) is 1.30. The van der Waals surface area contributed by atoms with Gasteiger partial charge in [0.2, 0.25) is 0 Å². The van der Waals surface area contributed by atoms with E-state index in [4.69, 9.17) is 4.74 Å². The van der Waals surface area contributed by atoms with E-state index in [0.717, 1.165) is 5.69 Å². The highest BCUT2D eigenvalue weighted by molar-refractivity contribution is 5.81. The van der Waals surface area contributed by atoms with Crippen LogP contribution in [0.25, 0.3) is 0 Å². The third-order valence-electron chi connectivity index (χ3n) is 2.13. The van der Waals surface area contributed by atoms with Crippen molar-refractivity contribution in [1.29, 1.82) is 0 Å². The number of ether oxygens (including phenoxy) is 1. The van der Waals surface area contributed by atoms with Crippen LogP contribution in [0.15, 0.2) is 53.8 Å². The molecule has 1 aromatic heterocycles. The number of hydrogen-bond donors (Lipinski definition) is 2. The lowest BCUT2D eigenvalue weighted by Gasteiger charge is -2.03. The standard InChI is InChI=1S/C13H13N3O2/c17-13(10-18-12-6-2-1-3-7-12)16-15-9-11-5-4-8-14-11/h1-9,14H,10H2,(H,16,17)/b15-9-. The molecule has 0 saturated carbocycles. The van der Waals surface area contributed by atoms with Crippen LogP contribution in [-0.4, -0.2) is 23.7 Å². The van der Waals surface area contributed by atoms with Crippen molar-refractivity contribution in [3.05, 3.63) is 54.4 Å². The topological polar surface area (TPSA) is 66.5 Å². The zero-order valence-electron chi connectivity index (χ0n) is 9.67. The molecule has 0 atom stereocenters. The Kier molecular flexibility index (Phi) is 4.13. The first-order chi connectivity index (χ1) is 8.84. The second kappa shape index (κ2) is 6.24. The smallest absolute Gasteiger partial charge is 0.277 e. The molecule has 0 spiro atoms. The second-order valence-corrected chi connectivity index (χ2v) is 3.52. The van der Waals surface area contributed by atoms with Crippen LogP contribution in [0.1, 0.15) is 5.69 Å². The van der Waals surface area contributed by atoms with Crippen molar-refractivity contribution in [2.24, 2.45) is 5.10 Å². The summed E-state index contributed by atoms with van der Waals surface area (Å²) < 4.78 is 5.26. The quantitative estimate of drug-likeness (QED) is 0.618. The highest BCUT2D eigenvalue weighted by Gasteiger charge is 2.00. The SMILES string of the molecule is O=C(COc1ccccc1)N/N=C\c1ccc[nH]1. The van der Waals surface area contributed by atoms with E-state index in [0.29, 0.717) is 5.75 Å². The molecule has 2 aromatic rings. The largest absolute Gasteiger partial charge is 0.484 e. The van der Waals surface area contributed by atoms with Crippen LogP contribution >= 0.6 is 0 Å². The molecule has 1 amide bonds. The molecular weight excluding hydrogens is 230 g/mol. The van der Waals surface area contributed by atoms with E-state index in [1.165, 1.54) is 6.21 Å². The molecule has 1 heterocycles. The summed E-state index contributed by atoms with van der Waals surface area (Å²) >= 11 is 0. The van der Waals surface area contributed by atoms with E-state index >= 15 is 0 Å². The molecule has 18 heavy (non-hydrogen) atoms. The van der Waals surface area contributed by atoms with E-state index in [2.05, 4.69) is 15.5 Å². The van der Waals surface area contributed by atoms with Crippen molar-refractivity contribution in [2.75, 3.05) is 6.61 Å². The van der Waals surface area contributed by atoms with Crippen molar-refractivity contribution in [2.45, 2.75) is 0 Å². The van der Waals surface area contributed by atoms with Gasteiger partial charge in [0.15, 0.2) is 6.61 Å². The van der Waals surface area contributed by atoms with Gasteiger partial charge in [-0.05, 0) is 24.3 Å². The molecule has 0 fully saturated rings. The van der Waals surface area contributed by atoms with Gasteiger partial charge in [-0.25, -0.2) is 5.43 Å². The van der Waals surface area contributed by atoms with E-state index in [9.17, 15) is 4.79 Å². The average molecular weight is 243 g/mol. The number of hydrogen-bond acceptors (Lipinski definition) is 3. The van der Waals surface area contributed by atoms with Crippen LogP contribution in [0, 0.1) is 0 Å². The maximum absolute atomic E-state index is 11.4. The number of carbonyl (C=O) groups is 1. The number of nitrogens with zero attached hydrogens (tertiary/aromatic N) is 1. The van der Waals surface area contributed by atoms with Gasteiger partial charge < -0.3 is 9.72 Å². The molecule has 2 N–H and O–H groups in total. The number of benzene rings is 1. The molecule has 0 saturated heterocycles. The summed E-state index contributed by atoms with van der Waals surface area (Å²) in [6.45, 7) is -0.0634. The predicted molar refractivity (Wildman–Crippen MR) is 68.5 cm³/mol. The molecule has 0 aliphatic heterocycles. The Morgan fingerprint density at radius 1 is 1.28 bits per heavy atom. The molecular formula is C13H13N3O2. The predicted octanol–water partition coefficient (Wildman–Crippen LogP) is 1.54. The van der Waals surface area contributed by atoms with Crippen molar-refractivity contribution >= 4 is 12.1 Å². The number of carbonyl (C=O) groups excluding carboxylic acids is 1. The maximum Gasteiger partial charge on any atom is 0.277 e. The third-order valence-corrected chi connectivity index (χ3v) is 2.13. The lowest BCUT2D eigenvalue weighted by molar-refractivity contribution is -0.123. The van der Waals surface area contributed by atoms with Crippen molar-refractivity contribution in [3.63, 3.8) is 0 Å². The fraction of sp³-hybridized carbons (Fsp3) is 0.0769. The lowest BCUT2D eigenvalue weighted by Crippen LogP contribution is -2.24. The minimum atomic E-state index is -0.304. The summed E-state index contributed by atoms with van der Waals surface area (Å²) in [5.74, 6) is 0.350. The molecule has 5 heteroatoms. The molecule has 0 aliphatic carbocycles. The monoisotopic (exact) mass is 243 g/mol. The van der Waals surface area contributed by atoms with E-state index < -0.39 is 0 Å². The Morgan fingerprint density at radius 3 is 2.83 bits per heavy atom. The maximum atomic E-state index is 11.4. The Balaban J connectivity index is 1.73. The highest BCUT2D eigenvalue weighted by Crippen LogP contribution is 2.07. The normalized spacial score (nSPS) is 10.4. The van der Waals surface area contributed by atoms with E-state index in [1.54, 1.807) is 18.3 Å². The van der Waals surface area contributed by atoms with Crippen LogP contribution in [0.2, 0.25) is 0 Å². The van der Waals surface area contributed by atoms with Crippen LogP contribution in [-0.2, 0) is 4.79 Å². The number of rotatable bonds is 5. The zero-order valence-corrected chi connectivity index (χ0v) is 9.67. The van der Waals surface area contributed by atoms with Gasteiger partial charge in [-0.15, -0.1) is 0 Å². The summed E-state index contributed by atoms with van der Waals surface area (Å²) in [6, 6.07) is 12.8. The van der Waals surface area contributed by atoms with Crippen molar-refractivity contribution in [1.82, 2.24) is 10.4 Å². The Hall–Kier alpha value is -2.56. The van der Waals surface area contributed by atoms with Crippen LogP contribution < -0.4 is 10.2 Å². The number of hydrazone groups is 1. The fourth-order valence-electron chi connectivity index (χ4n) is 1.30. The minimum Gasteiger partial charge on any atom is -0.484 e. The first-order valence-corrected chi connectivity index (χ1v) is 5.48. The first-order valence-electron chi connectivity index (χ1n) is 5.48. The highest BCUT2D eigenvalue weighted by atomic mass is 16.5. The third kappa shape index (κ3) is 3.79. The van der Waals surface area contributed by atoms with Crippen LogP contribution in [0.5, 0.6) is 5.75 Å². The Labute approximate surface area is 104 Å². The van der Waals surface area contributed by atoms with E-state index in [-0.39, 0.29) is 12.5 Å². The van der Waals surface area contributed by atoms with E-state index in [1.807, 2.05) is 30.3 Å². The van der Waals surface area contributed by atoms with Gasteiger partial charge in [0.25, 0.3) is 5.91 Å². The molecule has 0 bridgehead atoms. The van der Waals surface area contributed by atoms with Gasteiger partial charge in [0.05, 0.1) is 11.9 Å². The molecule has 5 nitrogen and oxygen atoms in total.